The molecule has 0 unspecified atom stereocenters. The molecule has 0 radical (unpaired) electrons. The van der Waals surface area contributed by atoms with Gasteiger partial charge in [0.05, 0.1) is 10.2 Å². The zero-order chi connectivity index (χ0) is 19.8. The highest BCUT2D eigenvalue weighted by Crippen LogP contribution is 2.29. The number of amides is 3. The summed E-state index contributed by atoms with van der Waals surface area (Å²) < 4.78 is 7.04. The van der Waals surface area contributed by atoms with Crippen LogP contribution >= 0.6 is 23.1 Å². The molecule has 0 spiro atoms. The lowest BCUT2D eigenvalue weighted by Crippen LogP contribution is -2.44. The van der Waals surface area contributed by atoms with Crippen molar-refractivity contribution in [2.45, 2.75) is 48.9 Å². The number of para-hydroxylation sites is 1. The summed E-state index contributed by atoms with van der Waals surface area (Å²) in [5, 5.41) is 4.93. The number of nitrogens with zero attached hydrogens (tertiary/aromatic N) is 1. The first kappa shape index (κ1) is 20.6. The van der Waals surface area contributed by atoms with Crippen molar-refractivity contribution in [3.8, 4) is 0 Å². The van der Waals surface area contributed by atoms with Crippen LogP contribution in [0, 0.1) is 0 Å². The summed E-state index contributed by atoms with van der Waals surface area (Å²) in [5.74, 6) is -0.325. The Kier molecular flexibility index (Phi) is 7.67. The first-order chi connectivity index (χ1) is 13.6. The van der Waals surface area contributed by atoms with Crippen LogP contribution in [0.5, 0.6) is 0 Å². The van der Waals surface area contributed by atoms with Gasteiger partial charge in [-0.3, -0.25) is 14.9 Å². The van der Waals surface area contributed by atoms with Gasteiger partial charge in [0.2, 0.25) is 0 Å². The third-order valence-corrected chi connectivity index (χ3v) is 6.60. The summed E-state index contributed by atoms with van der Waals surface area (Å²) in [4.78, 5) is 39.6. The van der Waals surface area contributed by atoms with Crippen LogP contribution in [-0.4, -0.2) is 41.3 Å². The van der Waals surface area contributed by atoms with Crippen LogP contribution < -0.4 is 10.6 Å². The summed E-state index contributed by atoms with van der Waals surface area (Å²) in [6.07, 6.45) is 4.90. The van der Waals surface area contributed by atoms with Gasteiger partial charge in [0.1, 0.15) is 0 Å². The lowest BCUT2D eigenvalue weighted by molar-refractivity contribution is -0.148. The molecule has 2 N–H and O–H groups in total. The fourth-order valence-corrected chi connectivity index (χ4v) is 5.04. The van der Waals surface area contributed by atoms with Crippen LogP contribution in [0.15, 0.2) is 28.6 Å². The van der Waals surface area contributed by atoms with Gasteiger partial charge in [-0.05, 0) is 31.4 Å². The average molecular weight is 422 g/mol. The maximum atomic E-state index is 11.7. The molecule has 1 aliphatic carbocycles. The van der Waals surface area contributed by atoms with Crippen LogP contribution in [0.4, 0.5) is 4.79 Å². The van der Waals surface area contributed by atoms with E-state index in [2.05, 4.69) is 15.6 Å². The number of benzene rings is 1. The summed E-state index contributed by atoms with van der Waals surface area (Å²) in [6, 6.07) is 7.56. The molecule has 0 saturated heterocycles. The van der Waals surface area contributed by atoms with Gasteiger partial charge < -0.3 is 10.1 Å². The molecule has 0 bridgehead atoms. The Labute approximate surface area is 171 Å². The average Bonchev–Trinajstić information content (AvgIpc) is 3.32. The number of carbonyl (C=O) groups is 3. The normalized spacial score (nSPS) is 14.1. The number of hydrogen-bond donors (Lipinski definition) is 2. The highest BCUT2D eigenvalue weighted by Gasteiger charge is 2.18. The van der Waals surface area contributed by atoms with Gasteiger partial charge in [-0.15, -0.1) is 11.3 Å². The molecule has 7 nitrogen and oxygen atoms in total. The zero-order valence-corrected chi connectivity index (χ0v) is 17.1. The number of esters is 1. The van der Waals surface area contributed by atoms with E-state index < -0.39 is 24.5 Å². The number of aromatic nitrogens is 1. The first-order valence-electron chi connectivity index (χ1n) is 9.34. The van der Waals surface area contributed by atoms with Gasteiger partial charge in [0.25, 0.3) is 5.91 Å². The Bertz CT molecular complexity index is 800. The number of thiazole rings is 1. The van der Waals surface area contributed by atoms with Crippen molar-refractivity contribution >= 4 is 51.2 Å². The largest absolute Gasteiger partial charge is 0.456 e. The maximum Gasteiger partial charge on any atom is 0.321 e. The van der Waals surface area contributed by atoms with E-state index in [4.69, 9.17) is 4.74 Å². The SMILES string of the molecule is O=C(COC(=O)CCCSc1nc2ccccc2s1)NC(=O)NC1CCCC1. The van der Waals surface area contributed by atoms with Crippen LogP contribution in [0.2, 0.25) is 0 Å². The number of urea groups is 1. The monoisotopic (exact) mass is 421 g/mol. The van der Waals surface area contributed by atoms with E-state index in [0.29, 0.717) is 6.42 Å². The van der Waals surface area contributed by atoms with Crippen molar-refractivity contribution in [2.75, 3.05) is 12.4 Å². The molecule has 1 aliphatic rings. The smallest absolute Gasteiger partial charge is 0.321 e. The third-order valence-electron chi connectivity index (χ3n) is 4.33. The number of fused-ring (bicyclic) bond motifs is 1. The van der Waals surface area contributed by atoms with E-state index in [1.165, 1.54) is 0 Å². The van der Waals surface area contributed by atoms with Crippen LogP contribution in [0.3, 0.4) is 0 Å². The van der Waals surface area contributed by atoms with Crippen molar-refractivity contribution < 1.29 is 19.1 Å². The minimum absolute atomic E-state index is 0.128. The van der Waals surface area contributed by atoms with E-state index in [1.54, 1.807) is 23.1 Å². The van der Waals surface area contributed by atoms with E-state index in [9.17, 15) is 14.4 Å². The molecule has 2 aromatic rings. The minimum atomic E-state index is -0.618. The fraction of sp³-hybridized carbons (Fsp3) is 0.474. The number of carbonyl (C=O) groups excluding carboxylic acids is 3. The van der Waals surface area contributed by atoms with Crippen LogP contribution in [0.25, 0.3) is 10.2 Å². The molecule has 1 aromatic heterocycles. The number of hydrogen-bond acceptors (Lipinski definition) is 7. The van der Waals surface area contributed by atoms with Crippen molar-refractivity contribution in [3.63, 3.8) is 0 Å². The second-order valence-corrected chi connectivity index (χ2v) is 8.94. The topological polar surface area (TPSA) is 97.4 Å². The number of thioether (sulfide) groups is 1. The molecule has 1 saturated carbocycles. The molecule has 28 heavy (non-hydrogen) atoms. The molecule has 1 fully saturated rings. The Balaban J connectivity index is 1.26. The Morgan fingerprint density at radius 2 is 2.00 bits per heavy atom. The number of nitrogens with one attached hydrogen (secondary N) is 2. The summed E-state index contributed by atoms with van der Waals surface area (Å²) >= 11 is 3.24. The quantitative estimate of drug-likeness (QED) is 0.385. The van der Waals surface area contributed by atoms with E-state index in [-0.39, 0.29) is 12.5 Å². The van der Waals surface area contributed by atoms with E-state index in [0.717, 1.165) is 46.0 Å². The number of ether oxygens (including phenoxy) is 1. The predicted molar refractivity (Wildman–Crippen MR) is 109 cm³/mol. The molecule has 9 heteroatoms. The second kappa shape index (κ2) is 10.4. The number of imide groups is 1. The van der Waals surface area contributed by atoms with Crippen molar-refractivity contribution in [1.29, 1.82) is 0 Å². The van der Waals surface area contributed by atoms with Crippen molar-refractivity contribution in [3.05, 3.63) is 24.3 Å². The second-order valence-electron chi connectivity index (χ2n) is 6.56. The molecular weight excluding hydrogens is 398 g/mol. The zero-order valence-electron chi connectivity index (χ0n) is 15.4. The van der Waals surface area contributed by atoms with Crippen molar-refractivity contribution in [2.24, 2.45) is 0 Å². The van der Waals surface area contributed by atoms with Crippen LogP contribution in [0.1, 0.15) is 38.5 Å². The summed E-state index contributed by atoms with van der Waals surface area (Å²) in [6.45, 7) is -0.443. The molecule has 3 rings (SSSR count). The van der Waals surface area contributed by atoms with Gasteiger partial charge >= 0.3 is 12.0 Å². The van der Waals surface area contributed by atoms with Crippen LogP contribution in [-0.2, 0) is 14.3 Å². The lowest BCUT2D eigenvalue weighted by Gasteiger charge is -2.12. The third kappa shape index (κ3) is 6.49. The predicted octanol–water partition coefficient (Wildman–Crippen LogP) is 3.48. The molecule has 1 aromatic carbocycles. The van der Waals surface area contributed by atoms with Gasteiger partial charge in [-0.1, -0.05) is 36.7 Å². The van der Waals surface area contributed by atoms with E-state index >= 15 is 0 Å². The summed E-state index contributed by atoms with van der Waals surface area (Å²) in [5.41, 5.74) is 0.984. The van der Waals surface area contributed by atoms with Gasteiger partial charge in [0.15, 0.2) is 10.9 Å². The van der Waals surface area contributed by atoms with Gasteiger partial charge in [-0.25, -0.2) is 9.78 Å². The molecular formula is C19H23N3O4S2. The maximum absolute atomic E-state index is 11.7. The van der Waals surface area contributed by atoms with Gasteiger partial charge in [0, 0.05) is 18.2 Å². The molecule has 0 atom stereocenters. The standard InChI is InChI=1S/C19H23N3O4S2/c23-16(22-18(25)20-13-6-1-2-7-13)12-26-17(24)10-5-11-27-19-21-14-8-3-4-9-15(14)28-19/h3-4,8-9,13H,1-2,5-7,10-12H2,(H2,20,22,23,25). The lowest BCUT2D eigenvalue weighted by atomic mass is 10.2. The minimum Gasteiger partial charge on any atom is -0.456 e. The highest BCUT2D eigenvalue weighted by atomic mass is 32.2. The Morgan fingerprint density at radius 1 is 1.21 bits per heavy atom. The molecule has 150 valence electrons. The molecule has 3 amide bonds. The summed E-state index contributed by atoms with van der Waals surface area (Å²) in [7, 11) is 0. The number of rotatable bonds is 8. The molecule has 1 heterocycles. The Hall–Kier alpha value is -2.13. The molecule has 0 aliphatic heterocycles. The van der Waals surface area contributed by atoms with Gasteiger partial charge in [-0.2, -0.15) is 0 Å². The Morgan fingerprint density at radius 3 is 2.79 bits per heavy atom. The first-order valence-corrected chi connectivity index (χ1v) is 11.1. The fourth-order valence-electron chi connectivity index (χ4n) is 2.96. The van der Waals surface area contributed by atoms with E-state index in [1.807, 2.05) is 24.3 Å². The highest BCUT2D eigenvalue weighted by molar-refractivity contribution is 8.01. The van der Waals surface area contributed by atoms with Crippen molar-refractivity contribution in [1.82, 2.24) is 15.6 Å².